The topological polar surface area (TPSA) is 113 Å². The predicted octanol–water partition coefficient (Wildman–Crippen LogP) is 3.27. The highest BCUT2D eigenvalue weighted by Gasteiger charge is 2.26. The minimum atomic E-state index is -0.776. The van der Waals surface area contributed by atoms with Gasteiger partial charge in [0.2, 0.25) is 11.6 Å². The molecule has 0 atom stereocenters. The van der Waals surface area contributed by atoms with Gasteiger partial charge in [-0.05, 0) is 31.2 Å². The molecular weight excluding hydrogens is 352 g/mol. The first-order valence-electron chi connectivity index (χ1n) is 7.13. The van der Waals surface area contributed by atoms with Crippen molar-refractivity contribution < 1.29 is 18.9 Å². The van der Waals surface area contributed by atoms with Crippen LogP contribution in [0.5, 0.6) is 0 Å². The summed E-state index contributed by atoms with van der Waals surface area (Å²) >= 11 is 5.95. The molecule has 25 heavy (non-hydrogen) atoms. The molecule has 2 heterocycles. The first-order valence-corrected chi connectivity index (χ1v) is 7.51. The number of benzene rings is 1. The highest BCUT2D eigenvalue weighted by molar-refractivity contribution is 6.30. The minimum Gasteiger partial charge on any atom is -0.461 e. The Bertz CT molecular complexity index is 936. The van der Waals surface area contributed by atoms with Crippen molar-refractivity contribution in [2.45, 2.75) is 6.92 Å². The lowest BCUT2D eigenvalue weighted by atomic mass is 10.2. The predicted molar refractivity (Wildman–Crippen MR) is 86.7 cm³/mol. The molecule has 0 aliphatic rings. The molecule has 0 saturated carbocycles. The number of nitro benzene ring substituents is 1. The van der Waals surface area contributed by atoms with Gasteiger partial charge in [-0.2, -0.15) is 9.67 Å². The van der Waals surface area contributed by atoms with Crippen molar-refractivity contribution in [1.29, 1.82) is 0 Å². The van der Waals surface area contributed by atoms with Gasteiger partial charge in [0.15, 0.2) is 5.76 Å². The Kier molecular flexibility index (Phi) is 4.48. The number of halogens is 1. The van der Waals surface area contributed by atoms with E-state index in [2.05, 4.69) is 10.1 Å². The quantitative estimate of drug-likeness (QED) is 0.388. The maximum atomic E-state index is 12.2. The Morgan fingerprint density at radius 2 is 2.24 bits per heavy atom. The zero-order valence-corrected chi connectivity index (χ0v) is 13.6. The van der Waals surface area contributed by atoms with E-state index in [9.17, 15) is 14.9 Å². The molecule has 0 aliphatic heterocycles. The van der Waals surface area contributed by atoms with Gasteiger partial charge in [-0.15, -0.1) is 5.10 Å². The number of hydrogen-bond acceptors (Lipinski definition) is 7. The Labute approximate surface area is 145 Å². The molecule has 0 aliphatic carbocycles. The Balaban J connectivity index is 2.23. The molecule has 0 bridgehead atoms. The summed E-state index contributed by atoms with van der Waals surface area (Å²) in [4.78, 5) is 27.0. The number of furan rings is 1. The Morgan fingerprint density at radius 1 is 1.44 bits per heavy atom. The van der Waals surface area contributed by atoms with Crippen LogP contribution in [0.2, 0.25) is 5.02 Å². The van der Waals surface area contributed by atoms with E-state index in [0.717, 1.165) is 4.68 Å². The van der Waals surface area contributed by atoms with E-state index in [4.69, 9.17) is 20.8 Å². The summed E-state index contributed by atoms with van der Waals surface area (Å²) in [6.45, 7) is 1.74. The first-order chi connectivity index (χ1) is 12.0. The summed E-state index contributed by atoms with van der Waals surface area (Å²) in [6.07, 6.45) is 1.42. The number of carbonyl (C=O) groups excluding carboxylic acids is 1. The van der Waals surface area contributed by atoms with E-state index < -0.39 is 10.9 Å². The summed E-state index contributed by atoms with van der Waals surface area (Å²) in [5.74, 6) is -0.614. The van der Waals surface area contributed by atoms with Gasteiger partial charge >= 0.3 is 5.97 Å². The molecule has 9 nitrogen and oxygen atoms in total. The molecule has 0 radical (unpaired) electrons. The summed E-state index contributed by atoms with van der Waals surface area (Å²) in [7, 11) is 0. The standard InChI is InChI=1S/C15H11ClN4O5/c1-2-24-15(21)14-17-13(12-4-3-7-25-12)18-19(14)11-8-9(16)5-6-10(11)20(22)23/h3-8H,2H2,1H3. The summed E-state index contributed by atoms with van der Waals surface area (Å²) in [5, 5.41) is 15.7. The average Bonchev–Trinajstić information content (AvgIpc) is 3.24. The second-order valence-electron chi connectivity index (χ2n) is 4.76. The lowest BCUT2D eigenvalue weighted by Crippen LogP contribution is -2.14. The number of nitrogens with zero attached hydrogens (tertiary/aromatic N) is 4. The Morgan fingerprint density at radius 3 is 2.88 bits per heavy atom. The van der Waals surface area contributed by atoms with Crippen LogP contribution in [0.25, 0.3) is 17.3 Å². The fraction of sp³-hybridized carbons (Fsp3) is 0.133. The largest absolute Gasteiger partial charge is 0.461 e. The van der Waals surface area contributed by atoms with Crippen LogP contribution in [0, 0.1) is 10.1 Å². The molecule has 0 spiro atoms. The zero-order valence-electron chi connectivity index (χ0n) is 12.9. The second kappa shape index (κ2) is 6.73. The summed E-state index contributed by atoms with van der Waals surface area (Å²) < 4.78 is 11.2. The molecule has 3 aromatic rings. The molecule has 1 aromatic carbocycles. The van der Waals surface area contributed by atoms with Gasteiger partial charge in [0, 0.05) is 11.1 Å². The van der Waals surface area contributed by atoms with Crippen molar-refractivity contribution in [3.05, 3.63) is 57.6 Å². The number of esters is 1. The average molecular weight is 363 g/mol. The SMILES string of the molecule is CCOC(=O)c1nc(-c2ccco2)nn1-c1cc(Cl)ccc1[N+](=O)[O-]. The smallest absolute Gasteiger partial charge is 0.376 e. The molecule has 0 fully saturated rings. The molecular formula is C15H11ClN4O5. The van der Waals surface area contributed by atoms with Gasteiger partial charge in [-0.1, -0.05) is 11.6 Å². The van der Waals surface area contributed by atoms with Gasteiger partial charge in [0.1, 0.15) is 5.69 Å². The monoisotopic (exact) mass is 362 g/mol. The molecule has 0 N–H and O–H groups in total. The van der Waals surface area contributed by atoms with Crippen LogP contribution in [0.15, 0.2) is 41.0 Å². The van der Waals surface area contributed by atoms with Crippen LogP contribution in [0.1, 0.15) is 17.5 Å². The number of rotatable bonds is 5. The van der Waals surface area contributed by atoms with Gasteiger partial charge in [0.05, 0.1) is 17.8 Å². The van der Waals surface area contributed by atoms with Crippen molar-refractivity contribution in [3.63, 3.8) is 0 Å². The van der Waals surface area contributed by atoms with Crippen LogP contribution in [-0.2, 0) is 4.74 Å². The molecule has 10 heteroatoms. The van der Waals surface area contributed by atoms with E-state index in [1.165, 1.54) is 24.5 Å². The number of carbonyl (C=O) groups is 1. The zero-order chi connectivity index (χ0) is 18.0. The first kappa shape index (κ1) is 16.7. The van der Waals surface area contributed by atoms with Gasteiger partial charge < -0.3 is 9.15 Å². The van der Waals surface area contributed by atoms with Crippen molar-refractivity contribution in [3.8, 4) is 17.3 Å². The van der Waals surface area contributed by atoms with Crippen LogP contribution >= 0.6 is 11.6 Å². The molecule has 3 rings (SSSR count). The fourth-order valence-corrected chi connectivity index (χ4v) is 2.30. The molecule has 128 valence electrons. The number of hydrogen-bond donors (Lipinski definition) is 0. The molecule has 0 unspecified atom stereocenters. The number of nitro groups is 1. The summed E-state index contributed by atoms with van der Waals surface area (Å²) in [6, 6.07) is 7.14. The van der Waals surface area contributed by atoms with Crippen molar-refractivity contribution in [1.82, 2.24) is 14.8 Å². The summed E-state index contributed by atoms with van der Waals surface area (Å²) in [5.41, 5.74) is -0.295. The highest BCUT2D eigenvalue weighted by Crippen LogP contribution is 2.28. The fourth-order valence-electron chi connectivity index (χ4n) is 2.14. The lowest BCUT2D eigenvalue weighted by Gasteiger charge is -2.06. The van der Waals surface area contributed by atoms with Crippen molar-refractivity contribution in [2.24, 2.45) is 0 Å². The van der Waals surface area contributed by atoms with Gasteiger partial charge in [-0.3, -0.25) is 10.1 Å². The number of ether oxygens (including phenoxy) is 1. The van der Waals surface area contributed by atoms with E-state index in [0.29, 0.717) is 5.76 Å². The van der Waals surface area contributed by atoms with Crippen LogP contribution in [0.4, 0.5) is 5.69 Å². The van der Waals surface area contributed by atoms with E-state index >= 15 is 0 Å². The van der Waals surface area contributed by atoms with E-state index in [1.54, 1.807) is 19.1 Å². The maximum absolute atomic E-state index is 12.2. The lowest BCUT2D eigenvalue weighted by molar-refractivity contribution is -0.384. The van der Waals surface area contributed by atoms with Crippen LogP contribution in [0.3, 0.4) is 0 Å². The van der Waals surface area contributed by atoms with Gasteiger partial charge in [-0.25, -0.2) is 4.79 Å². The molecule has 0 saturated heterocycles. The van der Waals surface area contributed by atoms with Crippen molar-refractivity contribution in [2.75, 3.05) is 6.61 Å². The van der Waals surface area contributed by atoms with Crippen LogP contribution < -0.4 is 0 Å². The third-order valence-electron chi connectivity index (χ3n) is 3.17. The Hall–Kier alpha value is -3.20. The van der Waals surface area contributed by atoms with E-state index in [1.807, 2.05) is 0 Å². The molecule has 2 aromatic heterocycles. The van der Waals surface area contributed by atoms with E-state index in [-0.39, 0.29) is 34.7 Å². The third kappa shape index (κ3) is 3.22. The normalized spacial score (nSPS) is 10.6. The highest BCUT2D eigenvalue weighted by atomic mass is 35.5. The van der Waals surface area contributed by atoms with Crippen molar-refractivity contribution >= 4 is 23.3 Å². The van der Waals surface area contributed by atoms with Crippen LogP contribution in [-0.4, -0.2) is 32.3 Å². The minimum absolute atomic E-state index is 0.00846. The maximum Gasteiger partial charge on any atom is 0.376 e. The second-order valence-corrected chi connectivity index (χ2v) is 5.20. The molecule has 0 amide bonds. The van der Waals surface area contributed by atoms with Gasteiger partial charge in [0.25, 0.3) is 5.69 Å². The third-order valence-corrected chi connectivity index (χ3v) is 3.40. The number of aromatic nitrogens is 3.